The average molecular weight is 228 g/mol. The number of hydrogen-bond acceptors (Lipinski definition) is 2. The second kappa shape index (κ2) is 7.82. The van der Waals surface area contributed by atoms with Gasteiger partial charge >= 0.3 is 0 Å². The molecule has 0 aliphatic rings. The summed E-state index contributed by atoms with van der Waals surface area (Å²) in [6.07, 6.45) is 4.19. The zero-order chi connectivity index (χ0) is 12.3. The van der Waals surface area contributed by atoms with Gasteiger partial charge in [-0.1, -0.05) is 52.7 Å². The maximum Gasteiger partial charge on any atom is 0.0659 e. The van der Waals surface area contributed by atoms with E-state index in [2.05, 4.69) is 20.1 Å². The number of hydrogen-bond donors (Lipinski definition) is 0. The van der Waals surface area contributed by atoms with Crippen LogP contribution in [0.4, 0.5) is 0 Å². The van der Waals surface area contributed by atoms with Crippen LogP contribution >= 0.6 is 0 Å². The fraction of sp³-hybridized carbons (Fsp3) is 0.273. The summed E-state index contributed by atoms with van der Waals surface area (Å²) < 4.78 is 0. The van der Waals surface area contributed by atoms with Gasteiger partial charge in [-0.3, -0.25) is 0 Å². The Hall–Kier alpha value is -2.42. The number of rotatable bonds is 6. The minimum Gasteiger partial charge on any atom is -0.0899 e. The summed E-state index contributed by atoms with van der Waals surface area (Å²) in [6, 6.07) is 9.33. The number of nitrogens with zero attached hydrogens (tertiary/aromatic N) is 6. The molecule has 0 fully saturated rings. The summed E-state index contributed by atoms with van der Waals surface area (Å²) in [4.78, 5) is 5.48. The predicted octanol–water partition coefficient (Wildman–Crippen LogP) is 4.29. The van der Waals surface area contributed by atoms with E-state index in [1.165, 1.54) is 0 Å². The third-order valence-corrected chi connectivity index (χ3v) is 2.15. The number of azide groups is 2. The Morgan fingerprint density at radius 3 is 2.53 bits per heavy atom. The van der Waals surface area contributed by atoms with Crippen molar-refractivity contribution in [2.75, 3.05) is 6.54 Å². The maximum absolute atomic E-state index is 8.51. The third-order valence-electron chi connectivity index (χ3n) is 2.15. The molecule has 0 N–H and O–H groups in total. The minimum absolute atomic E-state index is 0.219. The smallest absolute Gasteiger partial charge is 0.0659 e. The van der Waals surface area contributed by atoms with E-state index in [1.54, 1.807) is 6.08 Å². The van der Waals surface area contributed by atoms with Gasteiger partial charge in [-0.05, 0) is 23.0 Å². The van der Waals surface area contributed by atoms with E-state index < -0.39 is 0 Å². The molecular weight excluding hydrogens is 216 g/mol. The van der Waals surface area contributed by atoms with E-state index in [1.807, 2.05) is 36.4 Å². The van der Waals surface area contributed by atoms with Crippen molar-refractivity contribution in [3.8, 4) is 0 Å². The Morgan fingerprint density at radius 2 is 1.88 bits per heavy atom. The van der Waals surface area contributed by atoms with Gasteiger partial charge in [-0.2, -0.15) is 0 Å². The van der Waals surface area contributed by atoms with Gasteiger partial charge in [0, 0.05) is 16.4 Å². The summed E-state index contributed by atoms with van der Waals surface area (Å²) >= 11 is 0. The highest BCUT2D eigenvalue weighted by Gasteiger charge is 2.05. The van der Waals surface area contributed by atoms with Crippen molar-refractivity contribution >= 4 is 0 Å². The van der Waals surface area contributed by atoms with Crippen LogP contribution in [-0.4, -0.2) is 6.54 Å². The third kappa shape index (κ3) is 4.75. The van der Waals surface area contributed by atoms with Crippen molar-refractivity contribution < 1.29 is 0 Å². The summed E-state index contributed by atoms with van der Waals surface area (Å²) in [7, 11) is 0. The van der Waals surface area contributed by atoms with Gasteiger partial charge in [0.2, 0.25) is 0 Å². The van der Waals surface area contributed by atoms with E-state index in [0.29, 0.717) is 13.0 Å². The van der Waals surface area contributed by atoms with Gasteiger partial charge in [0.05, 0.1) is 6.04 Å². The predicted molar refractivity (Wildman–Crippen MR) is 66.1 cm³/mol. The molecule has 0 saturated heterocycles. The molecule has 86 valence electrons. The zero-order valence-electron chi connectivity index (χ0n) is 9.22. The lowest BCUT2D eigenvalue weighted by Gasteiger charge is -2.07. The first-order valence-corrected chi connectivity index (χ1v) is 5.13. The summed E-state index contributed by atoms with van der Waals surface area (Å²) in [5.74, 6) is 0. The molecule has 0 aliphatic heterocycles. The normalized spacial score (nSPS) is 11.5. The highest BCUT2D eigenvalue weighted by molar-refractivity contribution is 5.19. The van der Waals surface area contributed by atoms with Crippen molar-refractivity contribution in [3.05, 3.63) is 68.9 Å². The molecule has 1 atom stereocenters. The van der Waals surface area contributed by atoms with Crippen molar-refractivity contribution in [2.24, 2.45) is 10.2 Å². The van der Waals surface area contributed by atoms with Crippen LogP contribution in [0.15, 0.2) is 52.7 Å². The van der Waals surface area contributed by atoms with Crippen LogP contribution in [0.25, 0.3) is 20.9 Å². The lowest BCUT2D eigenvalue weighted by Crippen LogP contribution is -1.92. The molecule has 0 amide bonds. The highest BCUT2D eigenvalue weighted by atomic mass is 15.1. The molecule has 0 radical (unpaired) electrons. The van der Waals surface area contributed by atoms with Crippen LogP contribution in [0.1, 0.15) is 18.0 Å². The fourth-order valence-corrected chi connectivity index (χ4v) is 1.37. The quantitative estimate of drug-likeness (QED) is 0.300. The van der Waals surface area contributed by atoms with Crippen molar-refractivity contribution in [1.29, 1.82) is 0 Å². The molecule has 6 heteroatoms. The van der Waals surface area contributed by atoms with E-state index in [4.69, 9.17) is 11.1 Å². The van der Waals surface area contributed by atoms with Gasteiger partial charge in [-0.15, -0.1) is 0 Å². The van der Waals surface area contributed by atoms with E-state index in [0.717, 1.165) is 5.56 Å². The molecule has 1 rings (SSSR count). The monoisotopic (exact) mass is 228 g/mol. The molecule has 1 aromatic rings. The van der Waals surface area contributed by atoms with Gasteiger partial charge < -0.3 is 0 Å². The minimum atomic E-state index is -0.219. The van der Waals surface area contributed by atoms with Gasteiger partial charge in [0.15, 0.2) is 0 Å². The topological polar surface area (TPSA) is 97.5 Å². The summed E-state index contributed by atoms with van der Waals surface area (Å²) in [6.45, 7) is 0.314. The molecule has 0 aromatic heterocycles. The Morgan fingerprint density at radius 1 is 1.12 bits per heavy atom. The molecule has 17 heavy (non-hydrogen) atoms. The van der Waals surface area contributed by atoms with E-state index >= 15 is 0 Å². The molecule has 6 nitrogen and oxygen atoms in total. The highest BCUT2D eigenvalue weighted by Crippen LogP contribution is 2.21. The molecule has 0 spiro atoms. The molecule has 0 aliphatic carbocycles. The SMILES string of the molecule is [N-]=[N+]=NC/C=C/CC(N=[N+]=[N-])c1ccccc1. The van der Waals surface area contributed by atoms with Crippen LogP contribution < -0.4 is 0 Å². The largest absolute Gasteiger partial charge is 0.0899 e. The lowest BCUT2D eigenvalue weighted by atomic mass is 10.0. The summed E-state index contributed by atoms with van der Waals surface area (Å²) in [5.41, 5.74) is 17.6. The molecule has 1 aromatic carbocycles. The standard InChI is InChI=1S/C11H12N6/c12-16-14-9-5-4-8-11(15-17-13)10-6-2-1-3-7-10/h1-7,11H,8-9H2/b5-4+. The van der Waals surface area contributed by atoms with Crippen LogP contribution in [-0.2, 0) is 0 Å². The van der Waals surface area contributed by atoms with E-state index in [9.17, 15) is 0 Å². The van der Waals surface area contributed by atoms with Crippen LogP contribution in [0.3, 0.4) is 0 Å². The van der Waals surface area contributed by atoms with Crippen molar-refractivity contribution in [2.45, 2.75) is 12.5 Å². The molecule has 0 saturated carbocycles. The first-order chi connectivity index (χ1) is 8.38. The van der Waals surface area contributed by atoms with Crippen LogP contribution in [0.2, 0.25) is 0 Å². The van der Waals surface area contributed by atoms with Crippen LogP contribution in [0, 0.1) is 0 Å². The molecular formula is C11H12N6. The first kappa shape index (κ1) is 12.6. The molecule has 0 bridgehead atoms. The van der Waals surface area contributed by atoms with Crippen molar-refractivity contribution in [3.63, 3.8) is 0 Å². The Kier molecular flexibility index (Phi) is 5.82. The number of benzene rings is 1. The Bertz CT molecular complexity index is 454. The summed E-state index contributed by atoms with van der Waals surface area (Å²) in [5, 5.41) is 7.12. The molecule has 0 heterocycles. The lowest BCUT2D eigenvalue weighted by molar-refractivity contribution is 0.732. The first-order valence-electron chi connectivity index (χ1n) is 5.13. The second-order valence-corrected chi connectivity index (χ2v) is 3.25. The maximum atomic E-state index is 8.51. The average Bonchev–Trinajstić information content (AvgIpc) is 2.38. The second-order valence-electron chi connectivity index (χ2n) is 3.25. The van der Waals surface area contributed by atoms with Gasteiger partial charge in [0.25, 0.3) is 0 Å². The zero-order valence-corrected chi connectivity index (χ0v) is 9.22. The van der Waals surface area contributed by atoms with Crippen molar-refractivity contribution in [1.82, 2.24) is 0 Å². The van der Waals surface area contributed by atoms with Gasteiger partial charge in [0.1, 0.15) is 0 Å². The Balaban J connectivity index is 2.65. The van der Waals surface area contributed by atoms with E-state index in [-0.39, 0.29) is 6.04 Å². The van der Waals surface area contributed by atoms with Gasteiger partial charge in [-0.25, -0.2) is 0 Å². The molecule has 1 unspecified atom stereocenters. The Labute approximate surface area is 98.8 Å². The fourth-order valence-electron chi connectivity index (χ4n) is 1.37. The van der Waals surface area contributed by atoms with Crippen LogP contribution in [0.5, 0.6) is 0 Å².